The van der Waals surface area contributed by atoms with Gasteiger partial charge in [0.2, 0.25) is 0 Å². The Hall–Kier alpha value is -2.03. The summed E-state index contributed by atoms with van der Waals surface area (Å²) in [6, 6.07) is 0. The maximum Gasteiger partial charge on any atom is 0.472 e. The van der Waals surface area contributed by atoms with Crippen molar-refractivity contribution >= 4 is 19.8 Å². The van der Waals surface area contributed by atoms with Crippen molar-refractivity contribution in [3.8, 4) is 0 Å². The molecule has 67 heavy (non-hydrogen) atoms. The molecule has 0 aliphatic rings. The molecule has 0 heterocycles. The number of allylic oxidation sites excluding steroid dienone is 8. The molecule has 0 fully saturated rings. The number of unbranched alkanes of at least 4 members (excludes halogenated alkanes) is 32. The molecule has 0 rings (SSSR count). The molecule has 3 N–H and O–H groups in total. The number of esters is 2. The summed E-state index contributed by atoms with van der Waals surface area (Å²) in [5.41, 5.74) is 5.37. The van der Waals surface area contributed by atoms with Gasteiger partial charge in [0, 0.05) is 19.4 Å². The first-order valence-electron chi connectivity index (χ1n) is 28.1. The number of ether oxygens (including phenoxy) is 2. The molecule has 0 aromatic heterocycles. The molecule has 0 saturated carbocycles. The average molecular weight is 964 g/mol. The van der Waals surface area contributed by atoms with E-state index < -0.39 is 26.5 Å². The molecular formula is C57H106NO8P. The Morgan fingerprint density at radius 2 is 0.776 bits per heavy atom. The van der Waals surface area contributed by atoms with E-state index in [2.05, 4.69) is 62.5 Å². The van der Waals surface area contributed by atoms with Gasteiger partial charge < -0.3 is 20.1 Å². The number of carbonyl (C=O) groups is 2. The SMILES string of the molecule is CCCCCCC/C=C\C/C=C\C/C=C\CCCCCCCCCCCCCCCCCCC(=O)OC(COC(=O)CCCCCCC/C=C\CCCCCCCC)COP(=O)(O)OCCN. The Balaban J connectivity index is 3.92. The van der Waals surface area contributed by atoms with Crippen LogP contribution in [0.5, 0.6) is 0 Å². The molecule has 392 valence electrons. The lowest BCUT2D eigenvalue weighted by atomic mass is 10.0. The Kier molecular flexibility index (Phi) is 51.7. The number of phosphoric ester groups is 1. The largest absolute Gasteiger partial charge is 0.472 e. The van der Waals surface area contributed by atoms with E-state index in [4.69, 9.17) is 24.3 Å². The highest BCUT2D eigenvalue weighted by atomic mass is 31.2. The van der Waals surface area contributed by atoms with Crippen LogP contribution in [0.25, 0.3) is 0 Å². The fraction of sp³-hybridized carbons (Fsp3) is 0.825. The van der Waals surface area contributed by atoms with E-state index >= 15 is 0 Å². The predicted octanol–water partition coefficient (Wildman–Crippen LogP) is 17.4. The highest BCUT2D eigenvalue weighted by Gasteiger charge is 2.26. The average Bonchev–Trinajstić information content (AvgIpc) is 3.32. The summed E-state index contributed by atoms with van der Waals surface area (Å²) >= 11 is 0. The van der Waals surface area contributed by atoms with Crippen LogP contribution >= 0.6 is 7.82 Å². The van der Waals surface area contributed by atoms with Gasteiger partial charge in [0.25, 0.3) is 0 Å². The van der Waals surface area contributed by atoms with E-state index in [-0.39, 0.29) is 38.6 Å². The zero-order chi connectivity index (χ0) is 48.8. The third kappa shape index (κ3) is 53.2. The van der Waals surface area contributed by atoms with Gasteiger partial charge in [-0.15, -0.1) is 0 Å². The molecule has 0 aromatic carbocycles. The van der Waals surface area contributed by atoms with Gasteiger partial charge >= 0.3 is 19.8 Å². The summed E-state index contributed by atoms with van der Waals surface area (Å²) in [4.78, 5) is 35.1. The van der Waals surface area contributed by atoms with Crippen molar-refractivity contribution in [2.75, 3.05) is 26.4 Å². The van der Waals surface area contributed by atoms with Gasteiger partial charge in [-0.2, -0.15) is 0 Å². The van der Waals surface area contributed by atoms with Crippen LogP contribution in [-0.4, -0.2) is 49.3 Å². The Bertz CT molecular complexity index is 1240. The fourth-order valence-electron chi connectivity index (χ4n) is 7.99. The molecule has 0 aliphatic carbocycles. The number of rotatable bonds is 53. The number of hydrogen-bond donors (Lipinski definition) is 2. The topological polar surface area (TPSA) is 134 Å². The molecule has 0 bridgehead atoms. The highest BCUT2D eigenvalue weighted by molar-refractivity contribution is 7.47. The summed E-state index contributed by atoms with van der Waals surface area (Å²) in [7, 11) is -4.38. The third-order valence-electron chi connectivity index (χ3n) is 12.2. The second kappa shape index (κ2) is 53.3. The third-order valence-corrected chi connectivity index (χ3v) is 13.2. The number of nitrogens with two attached hydrogens (primary N) is 1. The van der Waals surface area contributed by atoms with Crippen LogP contribution in [0.1, 0.15) is 271 Å². The molecule has 0 amide bonds. The van der Waals surface area contributed by atoms with Gasteiger partial charge in [-0.3, -0.25) is 18.6 Å². The second-order valence-corrected chi connectivity index (χ2v) is 20.3. The van der Waals surface area contributed by atoms with Crippen molar-refractivity contribution in [3.05, 3.63) is 48.6 Å². The highest BCUT2D eigenvalue weighted by Crippen LogP contribution is 2.43. The van der Waals surface area contributed by atoms with Gasteiger partial charge in [-0.25, -0.2) is 4.57 Å². The lowest BCUT2D eigenvalue weighted by molar-refractivity contribution is -0.161. The Morgan fingerprint density at radius 3 is 1.16 bits per heavy atom. The second-order valence-electron chi connectivity index (χ2n) is 18.8. The van der Waals surface area contributed by atoms with Crippen LogP contribution < -0.4 is 5.73 Å². The normalized spacial score (nSPS) is 13.4. The van der Waals surface area contributed by atoms with E-state index in [1.54, 1.807) is 0 Å². The first-order chi connectivity index (χ1) is 32.8. The van der Waals surface area contributed by atoms with E-state index in [1.165, 1.54) is 167 Å². The summed E-state index contributed by atoms with van der Waals surface area (Å²) in [6.45, 7) is 3.74. The van der Waals surface area contributed by atoms with E-state index in [0.29, 0.717) is 6.42 Å². The maximum absolute atomic E-state index is 12.7. The zero-order valence-corrected chi connectivity index (χ0v) is 44.5. The van der Waals surface area contributed by atoms with Crippen molar-refractivity contribution in [1.82, 2.24) is 0 Å². The van der Waals surface area contributed by atoms with Gasteiger partial charge in [-0.1, -0.05) is 229 Å². The van der Waals surface area contributed by atoms with E-state index in [9.17, 15) is 19.0 Å². The summed E-state index contributed by atoms with van der Waals surface area (Å²) < 4.78 is 33.0. The summed E-state index contributed by atoms with van der Waals surface area (Å²) in [6.07, 6.45) is 64.5. The predicted molar refractivity (Wildman–Crippen MR) is 284 cm³/mol. The molecule has 0 radical (unpaired) electrons. The van der Waals surface area contributed by atoms with E-state index in [0.717, 1.165) is 70.6 Å². The monoisotopic (exact) mass is 964 g/mol. The van der Waals surface area contributed by atoms with Gasteiger partial charge in [0.15, 0.2) is 6.10 Å². The van der Waals surface area contributed by atoms with Crippen molar-refractivity contribution < 1.29 is 37.6 Å². The van der Waals surface area contributed by atoms with Crippen molar-refractivity contribution in [2.45, 2.75) is 277 Å². The minimum absolute atomic E-state index is 0.0525. The van der Waals surface area contributed by atoms with Crippen LogP contribution in [0.4, 0.5) is 0 Å². The Morgan fingerprint density at radius 1 is 0.448 bits per heavy atom. The van der Waals surface area contributed by atoms with Gasteiger partial charge in [0.05, 0.1) is 13.2 Å². The van der Waals surface area contributed by atoms with Crippen molar-refractivity contribution in [1.29, 1.82) is 0 Å². The Labute approximate surface area is 413 Å². The van der Waals surface area contributed by atoms with E-state index in [1.807, 2.05) is 0 Å². The molecule has 0 spiro atoms. The van der Waals surface area contributed by atoms with Crippen LogP contribution in [0.3, 0.4) is 0 Å². The molecule has 2 unspecified atom stereocenters. The van der Waals surface area contributed by atoms with Crippen LogP contribution in [0.15, 0.2) is 48.6 Å². The summed E-state index contributed by atoms with van der Waals surface area (Å²) in [5, 5.41) is 0. The first kappa shape index (κ1) is 65.0. The van der Waals surface area contributed by atoms with Gasteiger partial charge in [-0.05, 0) is 77.0 Å². The molecular weight excluding hydrogens is 858 g/mol. The first-order valence-corrected chi connectivity index (χ1v) is 29.6. The summed E-state index contributed by atoms with van der Waals surface area (Å²) in [5.74, 6) is -0.829. The molecule has 9 nitrogen and oxygen atoms in total. The molecule has 2 atom stereocenters. The fourth-order valence-corrected chi connectivity index (χ4v) is 8.76. The minimum Gasteiger partial charge on any atom is -0.462 e. The van der Waals surface area contributed by atoms with Crippen LogP contribution in [0.2, 0.25) is 0 Å². The quantitative estimate of drug-likeness (QED) is 0.0264. The number of carbonyl (C=O) groups excluding carboxylic acids is 2. The molecule has 10 heteroatoms. The van der Waals surface area contributed by atoms with Crippen molar-refractivity contribution in [3.63, 3.8) is 0 Å². The standard InChI is InChI=1S/C57H106NO8P/c1-3-5-7-9-11-13-15-17-19-20-21-22-23-24-25-26-27-28-29-30-31-32-33-34-36-38-40-42-44-46-48-50-57(60)66-55(54-65-67(61,62)64-52-51-58)53-63-56(59)49-47-45-43-41-39-37-35-18-16-14-12-10-8-6-4-2/h15,17-18,20-21,23-24,35,55H,3-14,16,19,22,25-34,36-54,58H2,1-2H3,(H,61,62)/b17-15-,21-20-,24-23-,35-18-. The maximum atomic E-state index is 12.7. The number of hydrogen-bond acceptors (Lipinski definition) is 8. The van der Waals surface area contributed by atoms with Crippen molar-refractivity contribution in [2.24, 2.45) is 5.73 Å². The molecule has 0 aromatic rings. The molecule has 0 aliphatic heterocycles. The van der Waals surface area contributed by atoms with Crippen LogP contribution in [-0.2, 0) is 32.7 Å². The molecule has 0 saturated heterocycles. The van der Waals surface area contributed by atoms with Gasteiger partial charge in [0.1, 0.15) is 6.61 Å². The zero-order valence-electron chi connectivity index (χ0n) is 43.6. The minimum atomic E-state index is -4.38. The lowest BCUT2D eigenvalue weighted by Crippen LogP contribution is -2.29. The number of phosphoric acid groups is 1. The lowest BCUT2D eigenvalue weighted by Gasteiger charge is -2.19. The van der Waals surface area contributed by atoms with Crippen LogP contribution in [0, 0.1) is 0 Å². The smallest absolute Gasteiger partial charge is 0.462 e.